The van der Waals surface area contributed by atoms with Gasteiger partial charge in [0.2, 0.25) is 0 Å². The van der Waals surface area contributed by atoms with E-state index in [-0.39, 0.29) is 5.56 Å². The molecule has 0 fully saturated rings. The molecular formula is C7H5F2O. The largest absolute Gasteiger partial charge is 0.385 e. The average Bonchev–Trinajstić information content (AvgIpc) is 1.95. The Hall–Kier alpha value is -0.960. The first-order valence-corrected chi connectivity index (χ1v) is 2.66. The van der Waals surface area contributed by atoms with E-state index in [1.165, 1.54) is 6.07 Å². The molecule has 0 amide bonds. The number of hydrogen-bond acceptors (Lipinski definition) is 1. The molecule has 0 saturated carbocycles. The third kappa shape index (κ3) is 1.30. The van der Waals surface area contributed by atoms with Crippen LogP contribution in [-0.2, 0) is 0 Å². The third-order valence-corrected chi connectivity index (χ3v) is 1.09. The van der Waals surface area contributed by atoms with Gasteiger partial charge in [0.1, 0.15) is 6.61 Å². The topological polar surface area (TPSA) is 20.2 Å². The third-order valence-electron chi connectivity index (χ3n) is 1.09. The summed E-state index contributed by atoms with van der Waals surface area (Å²) in [7, 11) is 0. The fraction of sp³-hybridized carbons (Fsp3) is 0. The number of halogens is 2. The summed E-state index contributed by atoms with van der Waals surface area (Å²) >= 11 is 0. The van der Waals surface area contributed by atoms with Crippen LogP contribution in [0.5, 0.6) is 0 Å². The molecule has 0 unspecified atom stereocenters. The van der Waals surface area contributed by atoms with Crippen LogP contribution in [-0.4, -0.2) is 5.11 Å². The normalized spacial score (nSPS) is 9.90. The predicted octanol–water partition coefficient (Wildman–Crippen LogP) is 1.85. The van der Waals surface area contributed by atoms with Gasteiger partial charge in [-0.15, -0.1) is 0 Å². The Morgan fingerprint density at radius 3 is 2.40 bits per heavy atom. The van der Waals surface area contributed by atoms with Gasteiger partial charge in [-0.05, 0) is 17.7 Å². The summed E-state index contributed by atoms with van der Waals surface area (Å²) in [6, 6.07) is 3.14. The summed E-state index contributed by atoms with van der Waals surface area (Å²) in [6.07, 6.45) is 0. The maximum Gasteiger partial charge on any atom is 0.159 e. The van der Waals surface area contributed by atoms with Crippen molar-refractivity contribution < 1.29 is 13.9 Å². The second-order valence-corrected chi connectivity index (χ2v) is 1.80. The molecule has 3 heteroatoms. The van der Waals surface area contributed by atoms with Gasteiger partial charge in [-0.25, -0.2) is 8.78 Å². The van der Waals surface area contributed by atoms with Crippen LogP contribution in [0.3, 0.4) is 0 Å². The van der Waals surface area contributed by atoms with Crippen molar-refractivity contribution in [2.45, 2.75) is 0 Å². The minimum Gasteiger partial charge on any atom is -0.385 e. The summed E-state index contributed by atoms with van der Waals surface area (Å²) in [5.74, 6) is -1.87. The lowest BCUT2D eigenvalue weighted by Gasteiger charge is -1.94. The first kappa shape index (κ1) is 7.15. The summed E-state index contributed by atoms with van der Waals surface area (Å²) in [6.45, 7) is 0.711. The number of aliphatic hydroxyl groups excluding tert-OH is 1. The van der Waals surface area contributed by atoms with Gasteiger partial charge < -0.3 is 5.11 Å². The standard InChI is InChI=1S/C7H5F2O/c8-6-2-1-5(4-10)3-7(6)9/h1-4,10H. The molecule has 0 atom stereocenters. The lowest BCUT2D eigenvalue weighted by Crippen LogP contribution is -1.86. The van der Waals surface area contributed by atoms with E-state index in [1.807, 2.05) is 0 Å². The van der Waals surface area contributed by atoms with Crippen LogP contribution >= 0.6 is 0 Å². The molecule has 1 aromatic carbocycles. The molecule has 1 radical (unpaired) electrons. The Morgan fingerprint density at radius 1 is 1.20 bits per heavy atom. The molecule has 0 saturated heterocycles. The summed E-state index contributed by atoms with van der Waals surface area (Å²) < 4.78 is 24.4. The highest BCUT2D eigenvalue weighted by atomic mass is 19.2. The van der Waals surface area contributed by atoms with Gasteiger partial charge in [-0.3, -0.25) is 0 Å². The number of hydrogen-bond donors (Lipinski definition) is 1. The van der Waals surface area contributed by atoms with Gasteiger partial charge in [0, 0.05) is 0 Å². The maximum absolute atomic E-state index is 12.3. The summed E-state index contributed by atoms with van der Waals surface area (Å²) in [5, 5.41) is 8.34. The van der Waals surface area contributed by atoms with Crippen LogP contribution in [0, 0.1) is 18.2 Å². The van der Waals surface area contributed by atoms with E-state index in [9.17, 15) is 8.78 Å². The molecule has 1 nitrogen and oxygen atoms in total. The van der Waals surface area contributed by atoms with Crippen molar-refractivity contribution in [2.24, 2.45) is 0 Å². The Balaban J connectivity index is 3.04. The lowest BCUT2D eigenvalue weighted by atomic mass is 10.2. The van der Waals surface area contributed by atoms with E-state index >= 15 is 0 Å². The van der Waals surface area contributed by atoms with E-state index in [0.29, 0.717) is 6.61 Å². The van der Waals surface area contributed by atoms with Crippen LogP contribution in [0.2, 0.25) is 0 Å². The average molecular weight is 143 g/mol. The second-order valence-electron chi connectivity index (χ2n) is 1.80. The van der Waals surface area contributed by atoms with Crippen molar-refractivity contribution in [2.75, 3.05) is 0 Å². The molecule has 1 N–H and O–H groups in total. The van der Waals surface area contributed by atoms with Crippen LogP contribution in [0.25, 0.3) is 0 Å². The van der Waals surface area contributed by atoms with Gasteiger partial charge in [0.15, 0.2) is 11.6 Å². The molecule has 1 aromatic rings. The molecule has 0 aliphatic heterocycles. The number of rotatable bonds is 1. The fourth-order valence-electron chi connectivity index (χ4n) is 0.593. The van der Waals surface area contributed by atoms with Crippen molar-refractivity contribution in [1.82, 2.24) is 0 Å². The molecular weight excluding hydrogens is 138 g/mol. The Morgan fingerprint density at radius 2 is 1.90 bits per heavy atom. The Bertz CT molecular complexity index is 235. The smallest absolute Gasteiger partial charge is 0.159 e. The summed E-state index contributed by atoms with van der Waals surface area (Å²) in [4.78, 5) is 0. The SMILES string of the molecule is O[CH]c1ccc(F)c(F)c1. The van der Waals surface area contributed by atoms with Crippen molar-refractivity contribution in [1.29, 1.82) is 0 Å². The van der Waals surface area contributed by atoms with E-state index in [0.717, 1.165) is 12.1 Å². The second kappa shape index (κ2) is 2.75. The van der Waals surface area contributed by atoms with Crippen molar-refractivity contribution >= 4 is 0 Å². The minimum atomic E-state index is -0.956. The molecule has 0 aliphatic carbocycles. The molecule has 0 aliphatic rings. The zero-order chi connectivity index (χ0) is 7.56. The van der Waals surface area contributed by atoms with Gasteiger partial charge in [-0.1, -0.05) is 6.07 Å². The van der Waals surface area contributed by atoms with Crippen molar-refractivity contribution in [3.05, 3.63) is 42.0 Å². The maximum atomic E-state index is 12.3. The highest BCUT2D eigenvalue weighted by Gasteiger charge is 2.00. The molecule has 0 aromatic heterocycles. The van der Waals surface area contributed by atoms with Crippen molar-refractivity contribution in [3.63, 3.8) is 0 Å². The molecule has 10 heavy (non-hydrogen) atoms. The molecule has 1 rings (SSSR count). The molecule has 0 spiro atoms. The van der Waals surface area contributed by atoms with E-state index in [4.69, 9.17) is 5.11 Å². The number of benzene rings is 1. The predicted molar refractivity (Wildman–Crippen MR) is 31.7 cm³/mol. The number of aliphatic hydroxyl groups is 1. The van der Waals surface area contributed by atoms with Gasteiger partial charge in [0.25, 0.3) is 0 Å². The van der Waals surface area contributed by atoms with Crippen LogP contribution < -0.4 is 0 Å². The first-order chi connectivity index (χ1) is 4.74. The highest BCUT2D eigenvalue weighted by Crippen LogP contribution is 2.08. The Labute approximate surface area is 56.9 Å². The molecule has 0 bridgehead atoms. The minimum absolute atomic E-state index is 0.249. The fourth-order valence-corrected chi connectivity index (χ4v) is 0.593. The van der Waals surface area contributed by atoms with E-state index in [2.05, 4.69) is 0 Å². The molecule has 53 valence electrons. The van der Waals surface area contributed by atoms with Crippen LogP contribution in [0.4, 0.5) is 8.78 Å². The Kier molecular flexibility index (Phi) is 1.97. The highest BCUT2D eigenvalue weighted by molar-refractivity contribution is 5.21. The quantitative estimate of drug-likeness (QED) is 0.636. The monoisotopic (exact) mass is 143 g/mol. The van der Waals surface area contributed by atoms with Crippen molar-refractivity contribution in [3.8, 4) is 0 Å². The van der Waals surface area contributed by atoms with E-state index in [1.54, 1.807) is 0 Å². The van der Waals surface area contributed by atoms with Gasteiger partial charge >= 0.3 is 0 Å². The van der Waals surface area contributed by atoms with Gasteiger partial charge in [-0.2, -0.15) is 0 Å². The first-order valence-electron chi connectivity index (χ1n) is 2.66. The van der Waals surface area contributed by atoms with E-state index < -0.39 is 11.6 Å². The zero-order valence-electron chi connectivity index (χ0n) is 5.01. The van der Waals surface area contributed by atoms with Crippen LogP contribution in [0.15, 0.2) is 18.2 Å². The lowest BCUT2D eigenvalue weighted by molar-refractivity contribution is 0.412. The van der Waals surface area contributed by atoms with Crippen LogP contribution in [0.1, 0.15) is 5.56 Å². The molecule has 0 heterocycles. The zero-order valence-corrected chi connectivity index (χ0v) is 5.01. The summed E-state index contributed by atoms with van der Waals surface area (Å²) in [5.41, 5.74) is 0.249. The van der Waals surface area contributed by atoms with Gasteiger partial charge in [0.05, 0.1) is 0 Å².